The topological polar surface area (TPSA) is 78.0 Å². The summed E-state index contributed by atoms with van der Waals surface area (Å²) in [5, 5.41) is 7.55. The van der Waals surface area contributed by atoms with E-state index in [1.54, 1.807) is 12.4 Å². The Hall–Kier alpha value is -3.19. The van der Waals surface area contributed by atoms with Gasteiger partial charge in [0.05, 0.1) is 23.3 Å². The summed E-state index contributed by atoms with van der Waals surface area (Å²) < 4.78 is 13.9. The largest absolute Gasteiger partial charge is 0.489 e. The zero-order chi connectivity index (χ0) is 21.2. The summed E-state index contributed by atoms with van der Waals surface area (Å²) >= 11 is 0. The molecule has 0 saturated carbocycles. The van der Waals surface area contributed by atoms with Crippen molar-refractivity contribution >= 4 is 11.0 Å². The van der Waals surface area contributed by atoms with E-state index in [4.69, 9.17) is 14.2 Å². The van der Waals surface area contributed by atoms with Gasteiger partial charge in [0.15, 0.2) is 5.75 Å². The molecule has 1 saturated heterocycles. The maximum Gasteiger partial charge on any atom is 0.153 e. The van der Waals surface area contributed by atoms with Crippen LogP contribution in [0.3, 0.4) is 0 Å². The van der Waals surface area contributed by atoms with E-state index >= 15 is 0 Å². The lowest BCUT2D eigenvalue weighted by atomic mass is 9.97. The highest BCUT2D eigenvalue weighted by molar-refractivity contribution is 5.92. The second-order valence-electron chi connectivity index (χ2n) is 8.03. The Kier molecular flexibility index (Phi) is 5.42. The highest BCUT2D eigenvalue weighted by atomic mass is 16.5. The summed E-state index contributed by atoms with van der Waals surface area (Å²) in [6.07, 6.45) is 5.80. The van der Waals surface area contributed by atoms with Gasteiger partial charge in [0.1, 0.15) is 23.7 Å². The van der Waals surface area contributed by atoms with Gasteiger partial charge in [-0.3, -0.25) is 4.98 Å². The number of nitrogens with zero attached hydrogens (tertiary/aromatic N) is 4. The lowest BCUT2D eigenvalue weighted by Crippen LogP contribution is -2.28. The summed E-state index contributed by atoms with van der Waals surface area (Å²) in [5.74, 6) is 3.50. The minimum absolute atomic E-state index is 0.530. The van der Waals surface area contributed by atoms with Gasteiger partial charge in [-0.05, 0) is 64.0 Å². The molecule has 0 bridgehead atoms. The number of ether oxygens (including phenoxy) is 1. The Morgan fingerprint density at radius 1 is 1.06 bits per heavy atom. The number of piperidine rings is 1. The molecule has 5 heterocycles. The molecule has 0 spiro atoms. The predicted molar refractivity (Wildman–Crippen MR) is 119 cm³/mol. The molecule has 7 nitrogen and oxygen atoms in total. The smallest absolute Gasteiger partial charge is 0.153 e. The van der Waals surface area contributed by atoms with Gasteiger partial charge in [-0.2, -0.15) is 0 Å². The van der Waals surface area contributed by atoms with Crippen LogP contribution in [0.2, 0.25) is 0 Å². The quantitative estimate of drug-likeness (QED) is 0.525. The molecule has 0 amide bonds. The van der Waals surface area contributed by atoms with E-state index in [2.05, 4.69) is 32.2 Å². The van der Waals surface area contributed by atoms with E-state index in [-0.39, 0.29) is 0 Å². The van der Waals surface area contributed by atoms with E-state index in [0.717, 1.165) is 71.8 Å². The monoisotopic (exact) mass is 417 g/mol. The summed E-state index contributed by atoms with van der Waals surface area (Å²) in [6.45, 7) is 7.61. The number of benzene rings is 1. The number of aromatic nitrogens is 4. The van der Waals surface area contributed by atoms with E-state index in [1.807, 2.05) is 32.0 Å². The van der Waals surface area contributed by atoms with Crippen molar-refractivity contribution in [2.24, 2.45) is 0 Å². The van der Waals surface area contributed by atoms with Gasteiger partial charge in [0.25, 0.3) is 0 Å². The fourth-order valence-corrected chi connectivity index (χ4v) is 4.59. The van der Waals surface area contributed by atoms with Crippen molar-refractivity contribution in [2.75, 3.05) is 19.7 Å². The van der Waals surface area contributed by atoms with Crippen molar-refractivity contribution < 1.29 is 9.26 Å². The lowest BCUT2D eigenvalue weighted by Gasteiger charge is -2.25. The predicted octanol–water partition coefficient (Wildman–Crippen LogP) is 4.25. The number of nitrogens with one attached hydrogen (secondary N) is 1. The molecule has 2 aliphatic rings. The second kappa shape index (κ2) is 8.51. The molecule has 0 aliphatic carbocycles. The summed E-state index contributed by atoms with van der Waals surface area (Å²) in [4.78, 5) is 8.78. The Labute approximate surface area is 181 Å². The Morgan fingerprint density at radius 3 is 2.52 bits per heavy atom. The van der Waals surface area contributed by atoms with Crippen LogP contribution in [0.4, 0.5) is 0 Å². The van der Waals surface area contributed by atoms with Crippen LogP contribution in [0.5, 0.6) is 5.75 Å². The molecule has 7 heteroatoms. The van der Waals surface area contributed by atoms with E-state index in [9.17, 15) is 0 Å². The highest BCUT2D eigenvalue weighted by Gasteiger charge is 2.28. The van der Waals surface area contributed by atoms with Crippen molar-refractivity contribution in [2.45, 2.75) is 39.2 Å². The maximum absolute atomic E-state index is 6.12. The van der Waals surface area contributed by atoms with Gasteiger partial charge in [-0.15, -0.1) is 0 Å². The van der Waals surface area contributed by atoms with Gasteiger partial charge in [0, 0.05) is 23.9 Å². The first-order valence-electron chi connectivity index (χ1n) is 10.9. The first-order chi connectivity index (χ1) is 15.2. The van der Waals surface area contributed by atoms with Crippen LogP contribution < -0.4 is 10.1 Å². The molecule has 0 unspecified atom stereocenters. The molecule has 3 aromatic heterocycles. The zero-order valence-electron chi connectivity index (χ0n) is 18.0. The minimum atomic E-state index is 0.530. The van der Waals surface area contributed by atoms with Gasteiger partial charge in [0.2, 0.25) is 0 Å². The van der Waals surface area contributed by atoms with Crippen LogP contribution in [-0.4, -0.2) is 39.4 Å². The number of imidazole rings is 1. The molecule has 1 N–H and O–H groups in total. The molecular formula is C24H27N5O2. The van der Waals surface area contributed by atoms with Crippen LogP contribution in [-0.2, 0) is 6.54 Å². The van der Waals surface area contributed by atoms with Gasteiger partial charge < -0.3 is 19.1 Å². The average Bonchev–Trinajstić information content (AvgIpc) is 3.37. The van der Waals surface area contributed by atoms with Crippen molar-refractivity contribution in [3.05, 3.63) is 60.0 Å². The van der Waals surface area contributed by atoms with Crippen molar-refractivity contribution in [1.82, 2.24) is 25.0 Å². The SMILES string of the molecule is Cc1noc(C)c1-c1ccc2nc(C3CCNCC3)n3c2c1OCC3.c1ccncc1. The van der Waals surface area contributed by atoms with Crippen molar-refractivity contribution in [3.63, 3.8) is 0 Å². The second-order valence-corrected chi connectivity index (χ2v) is 8.03. The van der Waals surface area contributed by atoms with E-state index < -0.39 is 0 Å². The summed E-state index contributed by atoms with van der Waals surface area (Å²) in [5.41, 5.74) is 5.14. The van der Waals surface area contributed by atoms with Gasteiger partial charge in [-0.1, -0.05) is 11.2 Å². The molecule has 1 fully saturated rings. The molecule has 31 heavy (non-hydrogen) atoms. The van der Waals surface area contributed by atoms with Crippen LogP contribution >= 0.6 is 0 Å². The fourth-order valence-electron chi connectivity index (χ4n) is 4.59. The molecule has 160 valence electrons. The first-order valence-corrected chi connectivity index (χ1v) is 10.9. The molecule has 6 rings (SSSR count). The Bertz CT molecular complexity index is 1130. The van der Waals surface area contributed by atoms with Crippen LogP contribution in [0.1, 0.15) is 36.0 Å². The van der Waals surface area contributed by atoms with Crippen LogP contribution in [0.15, 0.2) is 47.2 Å². The van der Waals surface area contributed by atoms with Crippen molar-refractivity contribution in [1.29, 1.82) is 0 Å². The summed E-state index contributed by atoms with van der Waals surface area (Å²) in [6, 6.07) is 9.92. The lowest BCUT2D eigenvalue weighted by molar-refractivity contribution is 0.282. The number of pyridine rings is 1. The average molecular weight is 418 g/mol. The van der Waals surface area contributed by atoms with Crippen LogP contribution in [0, 0.1) is 13.8 Å². The molecule has 4 aromatic rings. The third-order valence-electron chi connectivity index (χ3n) is 6.03. The fraction of sp³-hybridized carbons (Fsp3) is 0.375. The third-order valence-corrected chi connectivity index (χ3v) is 6.03. The van der Waals surface area contributed by atoms with E-state index in [1.165, 1.54) is 5.82 Å². The normalized spacial score (nSPS) is 15.9. The Morgan fingerprint density at radius 2 is 1.87 bits per heavy atom. The van der Waals surface area contributed by atoms with E-state index in [0.29, 0.717) is 12.5 Å². The molecular weight excluding hydrogens is 390 g/mol. The third kappa shape index (κ3) is 3.70. The number of hydrogen-bond acceptors (Lipinski definition) is 6. The standard InChI is InChI=1S/C19H22N4O2.C5H5N/c1-11-16(12(2)25-22-11)14-3-4-15-17-18(14)24-10-9-23(17)19(21-15)13-5-7-20-8-6-13;1-2-4-6-5-3-1/h3-4,13,20H,5-10H2,1-2H3;1-5H. The number of aryl methyl sites for hydroxylation is 2. The molecule has 1 aromatic carbocycles. The summed E-state index contributed by atoms with van der Waals surface area (Å²) in [7, 11) is 0. The zero-order valence-corrected chi connectivity index (χ0v) is 18.0. The molecule has 2 aliphatic heterocycles. The minimum Gasteiger partial charge on any atom is -0.489 e. The highest BCUT2D eigenvalue weighted by Crippen LogP contribution is 2.42. The number of hydrogen-bond donors (Lipinski definition) is 1. The first kappa shape index (κ1) is 19.8. The number of rotatable bonds is 2. The molecule has 0 atom stereocenters. The molecule has 0 radical (unpaired) electrons. The van der Waals surface area contributed by atoms with Crippen molar-refractivity contribution in [3.8, 4) is 16.9 Å². The van der Waals surface area contributed by atoms with Gasteiger partial charge in [-0.25, -0.2) is 4.98 Å². The van der Waals surface area contributed by atoms with Crippen LogP contribution in [0.25, 0.3) is 22.2 Å². The maximum atomic E-state index is 6.12. The van der Waals surface area contributed by atoms with Gasteiger partial charge >= 0.3 is 0 Å². The Balaban J connectivity index is 0.000000296.